The van der Waals surface area contributed by atoms with E-state index >= 15 is 0 Å². The number of guanidine groups is 1. The van der Waals surface area contributed by atoms with Crippen LogP contribution in [0.5, 0.6) is 0 Å². The minimum absolute atomic E-state index is 0. The van der Waals surface area contributed by atoms with Crippen LogP contribution in [0, 0.1) is 0 Å². The summed E-state index contributed by atoms with van der Waals surface area (Å²) < 4.78 is 1.82. The van der Waals surface area contributed by atoms with Crippen LogP contribution in [0.1, 0.15) is 42.5 Å². The molecule has 1 aliphatic rings. The van der Waals surface area contributed by atoms with Gasteiger partial charge < -0.3 is 10.6 Å². The Labute approximate surface area is 171 Å². The van der Waals surface area contributed by atoms with Crippen molar-refractivity contribution < 1.29 is 0 Å². The maximum Gasteiger partial charge on any atom is 0.191 e. The zero-order valence-electron chi connectivity index (χ0n) is 15.0. The van der Waals surface area contributed by atoms with Crippen LogP contribution in [0.25, 0.3) is 0 Å². The Morgan fingerprint density at radius 1 is 1.32 bits per heavy atom. The number of aryl methyl sites for hydroxylation is 1. The van der Waals surface area contributed by atoms with Gasteiger partial charge in [-0.1, -0.05) is 25.3 Å². The van der Waals surface area contributed by atoms with Gasteiger partial charge in [0.2, 0.25) is 0 Å². The minimum Gasteiger partial charge on any atom is -0.355 e. The molecule has 7 heteroatoms. The van der Waals surface area contributed by atoms with Crippen molar-refractivity contribution in [3.8, 4) is 0 Å². The summed E-state index contributed by atoms with van der Waals surface area (Å²) in [5, 5.41) is 13.4. The van der Waals surface area contributed by atoms with Crippen LogP contribution in [0.2, 0.25) is 0 Å². The normalized spacial score (nSPS) is 17.0. The third-order valence-electron chi connectivity index (χ3n) is 4.89. The molecule has 2 N–H and O–H groups in total. The second kappa shape index (κ2) is 9.56. The van der Waals surface area contributed by atoms with Crippen molar-refractivity contribution in [3.63, 3.8) is 0 Å². The number of hydrogen-bond donors (Lipinski definition) is 2. The van der Waals surface area contributed by atoms with Crippen molar-refractivity contribution in [3.05, 3.63) is 40.3 Å². The molecule has 0 saturated heterocycles. The molecule has 0 bridgehead atoms. The smallest absolute Gasteiger partial charge is 0.191 e. The van der Waals surface area contributed by atoms with E-state index in [2.05, 4.69) is 38.2 Å². The summed E-state index contributed by atoms with van der Waals surface area (Å²) in [6.07, 6.45) is 10.4. The third-order valence-corrected chi connectivity index (χ3v) is 6.01. The van der Waals surface area contributed by atoms with E-state index in [-0.39, 0.29) is 29.4 Å². The van der Waals surface area contributed by atoms with Gasteiger partial charge >= 0.3 is 0 Å². The van der Waals surface area contributed by atoms with E-state index in [1.165, 1.54) is 37.0 Å². The van der Waals surface area contributed by atoms with Crippen molar-refractivity contribution >= 4 is 41.3 Å². The molecule has 3 rings (SSSR count). The van der Waals surface area contributed by atoms with Crippen molar-refractivity contribution in [2.24, 2.45) is 12.0 Å². The fourth-order valence-corrected chi connectivity index (χ4v) is 4.53. The minimum atomic E-state index is 0. The predicted molar refractivity (Wildman–Crippen MR) is 116 cm³/mol. The summed E-state index contributed by atoms with van der Waals surface area (Å²) in [5.74, 6) is 0.861. The Kier molecular flexibility index (Phi) is 7.74. The Bertz CT molecular complexity index is 659. The molecule has 5 nitrogen and oxygen atoms in total. The third kappa shape index (κ3) is 5.20. The molecule has 0 aromatic carbocycles. The Morgan fingerprint density at radius 3 is 2.72 bits per heavy atom. The fraction of sp³-hybridized carbons (Fsp3) is 0.556. The molecular formula is C18H28IN5S. The van der Waals surface area contributed by atoms with Gasteiger partial charge in [0.05, 0.1) is 6.20 Å². The lowest BCUT2D eigenvalue weighted by molar-refractivity contribution is 0.296. The van der Waals surface area contributed by atoms with E-state index in [9.17, 15) is 0 Å². The number of hydrogen-bond acceptors (Lipinski definition) is 3. The summed E-state index contributed by atoms with van der Waals surface area (Å²) in [5.41, 5.74) is 1.42. The molecule has 1 saturated carbocycles. The Hall–Kier alpha value is -1.09. The lowest BCUT2D eigenvalue weighted by atomic mass is 9.73. The van der Waals surface area contributed by atoms with E-state index < -0.39 is 0 Å². The molecule has 2 aromatic rings. The molecule has 25 heavy (non-hydrogen) atoms. The van der Waals surface area contributed by atoms with Crippen molar-refractivity contribution in [2.75, 3.05) is 13.6 Å². The van der Waals surface area contributed by atoms with Crippen LogP contribution in [-0.4, -0.2) is 29.3 Å². The van der Waals surface area contributed by atoms with E-state index in [0.717, 1.165) is 24.6 Å². The topological polar surface area (TPSA) is 54.2 Å². The molecule has 0 radical (unpaired) electrons. The van der Waals surface area contributed by atoms with Crippen LogP contribution in [0.15, 0.2) is 34.9 Å². The second-order valence-corrected chi connectivity index (χ2v) is 7.57. The number of halogens is 1. The van der Waals surface area contributed by atoms with Crippen molar-refractivity contribution in [1.82, 2.24) is 20.4 Å². The molecule has 0 amide bonds. The molecule has 0 atom stereocenters. The van der Waals surface area contributed by atoms with E-state index in [0.29, 0.717) is 0 Å². The average molecular weight is 473 g/mol. The number of nitrogens with zero attached hydrogens (tertiary/aromatic N) is 3. The first-order valence-corrected chi connectivity index (χ1v) is 9.56. The van der Waals surface area contributed by atoms with Gasteiger partial charge in [-0.05, 0) is 24.3 Å². The molecule has 0 spiro atoms. The largest absolute Gasteiger partial charge is 0.355 e. The molecular weight excluding hydrogens is 445 g/mol. The monoisotopic (exact) mass is 473 g/mol. The van der Waals surface area contributed by atoms with E-state index in [1.807, 2.05) is 42.5 Å². The number of rotatable bonds is 5. The Morgan fingerprint density at radius 2 is 2.12 bits per heavy atom. The SMILES string of the molecule is CN=C(NCc1cnn(C)c1)NCC1(c2cccs2)CCCCC1.I. The first-order valence-electron chi connectivity index (χ1n) is 8.68. The van der Waals surface area contributed by atoms with Crippen molar-refractivity contribution in [1.29, 1.82) is 0 Å². The fourth-order valence-electron chi connectivity index (χ4n) is 3.54. The van der Waals surface area contributed by atoms with Gasteiger partial charge in [-0.15, -0.1) is 35.3 Å². The summed E-state index contributed by atoms with van der Waals surface area (Å²) >= 11 is 1.89. The zero-order valence-corrected chi connectivity index (χ0v) is 18.1. The standard InChI is InChI=1S/C18H27N5S.HI/c1-19-17(20-11-15-12-22-23(2)13-15)21-14-18(8-4-3-5-9-18)16-7-6-10-24-16;/h6-7,10,12-13H,3-5,8-9,11,14H2,1-2H3,(H2,19,20,21);1H. The first kappa shape index (κ1) is 20.2. The molecule has 0 unspecified atom stereocenters. The maximum absolute atomic E-state index is 4.38. The first-order chi connectivity index (χ1) is 11.7. The van der Waals surface area contributed by atoms with Crippen LogP contribution >= 0.6 is 35.3 Å². The second-order valence-electron chi connectivity index (χ2n) is 6.62. The molecule has 2 heterocycles. The lowest BCUT2D eigenvalue weighted by Crippen LogP contribution is -2.46. The van der Waals surface area contributed by atoms with Gasteiger partial charge in [-0.3, -0.25) is 9.67 Å². The summed E-state index contributed by atoms with van der Waals surface area (Å²) in [4.78, 5) is 5.89. The highest BCUT2D eigenvalue weighted by Gasteiger charge is 2.34. The van der Waals surface area contributed by atoms with E-state index in [4.69, 9.17) is 0 Å². The number of thiophene rings is 1. The van der Waals surface area contributed by atoms with Gasteiger partial charge in [0.1, 0.15) is 0 Å². The maximum atomic E-state index is 4.38. The number of aromatic nitrogens is 2. The predicted octanol–water partition coefficient (Wildman–Crippen LogP) is 3.67. The highest BCUT2D eigenvalue weighted by molar-refractivity contribution is 14.0. The van der Waals surface area contributed by atoms with Crippen LogP contribution in [-0.2, 0) is 19.0 Å². The highest BCUT2D eigenvalue weighted by atomic mass is 127. The quantitative estimate of drug-likeness (QED) is 0.396. The van der Waals surface area contributed by atoms with Crippen LogP contribution < -0.4 is 10.6 Å². The highest BCUT2D eigenvalue weighted by Crippen LogP contribution is 2.41. The van der Waals surface area contributed by atoms with Crippen LogP contribution in [0.4, 0.5) is 0 Å². The Balaban J connectivity index is 0.00000225. The van der Waals surface area contributed by atoms with Crippen LogP contribution in [0.3, 0.4) is 0 Å². The average Bonchev–Trinajstić information content (AvgIpc) is 3.28. The molecule has 1 aliphatic carbocycles. The van der Waals surface area contributed by atoms with Crippen molar-refractivity contribution in [2.45, 2.75) is 44.1 Å². The van der Waals surface area contributed by atoms with Gasteiger partial charge in [-0.25, -0.2) is 0 Å². The van der Waals surface area contributed by atoms with Gasteiger partial charge in [0, 0.05) is 49.2 Å². The summed E-state index contributed by atoms with van der Waals surface area (Å²) in [7, 11) is 3.77. The number of aliphatic imine (C=N–C) groups is 1. The summed E-state index contributed by atoms with van der Waals surface area (Å²) in [6, 6.07) is 4.47. The van der Waals surface area contributed by atoms with Gasteiger partial charge in [0.25, 0.3) is 0 Å². The molecule has 0 aliphatic heterocycles. The molecule has 1 fully saturated rings. The van der Waals surface area contributed by atoms with E-state index in [1.54, 1.807) is 0 Å². The lowest BCUT2D eigenvalue weighted by Gasteiger charge is -2.37. The molecule has 138 valence electrons. The summed E-state index contributed by atoms with van der Waals surface area (Å²) in [6.45, 7) is 1.68. The zero-order chi connectivity index (χ0) is 16.8. The van der Waals surface area contributed by atoms with Gasteiger partial charge in [-0.2, -0.15) is 5.10 Å². The number of nitrogens with one attached hydrogen (secondary N) is 2. The van der Waals surface area contributed by atoms with Gasteiger partial charge in [0.15, 0.2) is 5.96 Å². The molecule has 2 aromatic heterocycles.